The standard InChI is InChI=1S/C23H28N2O4/c1-14-19-12-16-5-6-17(22(28)29-25-20(26)7-8-21(25)27)11-18(16)23(14,2)9-10-24(19)13-15-3-4-15/h5-6,11,14-15,19H,3-4,7-10,12-13H2,1-2H3/t14-,19-,23-/m1/s1. The van der Waals surface area contributed by atoms with Crippen LogP contribution in [0.1, 0.15) is 67.4 Å². The minimum absolute atomic E-state index is 0.0217. The van der Waals surface area contributed by atoms with Crippen molar-refractivity contribution in [1.82, 2.24) is 9.96 Å². The maximum Gasteiger partial charge on any atom is 0.363 e. The summed E-state index contributed by atoms with van der Waals surface area (Å²) in [6, 6.07) is 6.30. The molecule has 0 unspecified atom stereocenters. The molecule has 29 heavy (non-hydrogen) atoms. The van der Waals surface area contributed by atoms with Crippen LogP contribution >= 0.6 is 0 Å². The van der Waals surface area contributed by atoms with Crippen LogP contribution in [0.2, 0.25) is 0 Å². The molecule has 154 valence electrons. The van der Waals surface area contributed by atoms with E-state index in [0.717, 1.165) is 25.3 Å². The van der Waals surface area contributed by atoms with Crippen LogP contribution in [0.5, 0.6) is 0 Å². The number of amides is 2. The molecule has 1 aromatic rings. The molecule has 0 spiro atoms. The average Bonchev–Trinajstić information content (AvgIpc) is 3.47. The van der Waals surface area contributed by atoms with E-state index in [1.165, 1.54) is 30.5 Å². The van der Waals surface area contributed by atoms with E-state index in [-0.39, 0.29) is 18.3 Å². The highest BCUT2D eigenvalue weighted by Crippen LogP contribution is 2.49. The third-order valence-electron chi connectivity index (χ3n) is 7.73. The minimum Gasteiger partial charge on any atom is -0.325 e. The highest BCUT2D eigenvalue weighted by atomic mass is 16.7. The molecule has 3 atom stereocenters. The summed E-state index contributed by atoms with van der Waals surface area (Å²) in [7, 11) is 0. The molecule has 0 radical (unpaired) electrons. The van der Waals surface area contributed by atoms with E-state index in [2.05, 4.69) is 18.7 Å². The fourth-order valence-electron chi connectivity index (χ4n) is 5.49. The van der Waals surface area contributed by atoms with Crippen LogP contribution in [0, 0.1) is 11.8 Å². The van der Waals surface area contributed by atoms with Gasteiger partial charge >= 0.3 is 5.97 Å². The second kappa shape index (κ2) is 6.66. The van der Waals surface area contributed by atoms with Gasteiger partial charge in [0, 0.05) is 25.4 Å². The van der Waals surface area contributed by atoms with Gasteiger partial charge in [-0.3, -0.25) is 14.5 Å². The Labute approximate surface area is 171 Å². The summed E-state index contributed by atoms with van der Waals surface area (Å²) in [4.78, 5) is 44.0. The number of hydrogen-bond acceptors (Lipinski definition) is 5. The van der Waals surface area contributed by atoms with E-state index < -0.39 is 17.8 Å². The predicted molar refractivity (Wildman–Crippen MR) is 106 cm³/mol. The first-order valence-corrected chi connectivity index (χ1v) is 10.8. The predicted octanol–water partition coefficient (Wildman–Crippen LogP) is 2.84. The fourth-order valence-corrected chi connectivity index (χ4v) is 5.49. The first kappa shape index (κ1) is 18.8. The van der Waals surface area contributed by atoms with Crippen molar-refractivity contribution in [2.45, 2.75) is 63.8 Å². The number of hydrogen-bond donors (Lipinski definition) is 0. The van der Waals surface area contributed by atoms with E-state index in [9.17, 15) is 14.4 Å². The zero-order valence-corrected chi connectivity index (χ0v) is 17.1. The number of likely N-dealkylation sites (tertiary alicyclic amines) is 1. The molecule has 5 rings (SSSR count). The van der Waals surface area contributed by atoms with Crippen molar-refractivity contribution in [3.8, 4) is 0 Å². The number of piperidine rings is 1. The van der Waals surface area contributed by atoms with Crippen molar-refractivity contribution in [2.75, 3.05) is 13.1 Å². The van der Waals surface area contributed by atoms with Crippen molar-refractivity contribution >= 4 is 17.8 Å². The number of carbonyl (C=O) groups excluding carboxylic acids is 3. The largest absolute Gasteiger partial charge is 0.363 e. The van der Waals surface area contributed by atoms with Crippen LogP contribution < -0.4 is 0 Å². The van der Waals surface area contributed by atoms with Crippen molar-refractivity contribution in [2.24, 2.45) is 11.8 Å². The molecule has 4 aliphatic rings. The Morgan fingerprint density at radius 1 is 1.21 bits per heavy atom. The summed E-state index contributed by atoms with van der Waals surface area (Å²) >= 11 is 0. The second-order valence-corrected chi connectivity index (χ2v) is 9.50. The van der Waals surface area contributed by atoms with Gasteiger partial charge in [0.25, 0.3) is 11.8 Å². The summed E-state index contributed by atoms with van der Waals surface area (Å²) in [6.07, 6.45) is 5.04. The lowest BCUT2D eigenvalue weighted by Crippen LogP contribution is -2.58. The molecule has 6 heteroatoms. The molecule has 2 bridgehead atoms. The monoisotopic (exact) mass is 396 g/mol. The maximum absolute atomic E-state index is 12.6. The Hall–Kier alpha value is -2.21. The molecule has 3 fully saturated rings. The molecular formula is C23H28N2O4. The normalized spacial score (nSPS) is 31.7. The molecule has 2 aliphatic carbocycles. The smallest absolute Gasteiger partial charge is 0.325 e. The molecule has 2 amide bonds. The van der Waals surface area contributed by atoms with Crippen molar-refractivity contribution < 1.29 is 19.2 Å². The van der Waals surface area contributed by atoms with Crippen LogP contribution in [0.3, 0.4) is 0 Å². The zero-order chi connectivity index (χ0) is 20.3. The second-order valence-electron chi connectivity index (χ2n) is 9.50. The summed E-state index contributed by atoms with van der Waals surface area (Å²) in [5, 5.41) is 0.624. The Morgan fingerprint density at radius 2 is 1.93 bits per heavy atom. The van der Waals surface area contributed by atoms with Gasteiger partial charge in [0.15, 0.2) is 0 Å². The van der Waals surface area contributed by atoms with Crippen LogP contribution in [-0.4, -0.2) is 46.9 Å². The number of benzene rings is 1. The van der Waals surface area contributed by atoms with Crippen molar-refractivity contribution in [1.29, 1.82) is 0 Å². The van der Waals surface area contributed by atoms with Gasteiger partial charge in [0.1, 0.15) is 0 Å². The maximum atomic E-state index is 12.6. The molecule has 0 aromatic heterocycles. The molecular weight excluding hydrogens is 368 g/mol. The number of nitrogens with zero attached hydrogens (tertiary/aromatic N) is 2. The lowest BCUT2D eigenvalue weighted by atomic mass is 9.59. The first-order chi connectivity index (χ1) is 13.9. The van der Waals surface area contributed by atoms with Gasteiger partial charge in [-0.05, 0) is 72.7 Å². The van der Waals surface area contributed by atoms with Gasteiger partial charge in [-0.1, -0.05) is 19.9 Å². The molecule has 1 aromatic carbocycles. The van der Waals surface area contributed by atoms with Gasteiger partial charge in [0.05, 0.1) is 5.56 Å². The highest BCUT2D eigenvalue weighted by molar-refractivity contribution is 6.02. The SMILES string of the molecule is C[C@@H]1[C@H]2Cc3ccc(C(=O)ON4C(=O)CCC4=O)cc3[C@]1(C)CCN2CC1CC1. The molecule has 2 heterocycles. The molecule has 1 saturated carbocycles. The van der Waals surface area contributed by atoms with Gasteiger partial charge < -0.3 is 4.84 Å². The van der Waals surface area contributed by atoms with Gasteiger partial charge in [0.2, 0.25) is 0 Å². The minimum atomic E-state index is -0.638. The summed E-state index contributed by atoms with van der Waals surface area (Å²) in [5.41, 5.74) is 2.96. The lowest BCUT2D eigenvalue weighted by Gasteiger charge is -2.55. The summed E-state index contributed by atoms with van der Waals surface area (Å²) in [6.45, 7) is 6.99. The molecule has 2 aliphatic heterocycles. The average molecular weight is 396 g/mol. The molecule has 2 saturated heterocycles. The van der Waals surface area contributed by atoms with Gasteiger partial charge in [-0.25, -0.2) is 4.79 Å². The van der Waals surface area contributed by atoms with E-state index in [0.29, 0.717) is 22.6 Å². The van der Waals surface area contributed by atoms with Gasteiger partial charge in [-0.2, -0.15) is 0 Å². The number of hydroxylamine groups is 2. The van der Waals surface area contributed by atoms with E-state index in [1.807, 2.05) is 12.1 Å². The zero-order valence-electron chi connectivity index (χ0n) is 17.1. The van der Waals surface area contributed by atoms with E-state index >= 15 is 0 Å². The van der Waals surface area contributed by atoms with Gasteiger partial charge in [-0.15, -0.1) is 5.06 Å². The van der Waals surface area contributed by atoms with Crippen LogP contribution in [-0.2, 0) is 26.3 Å². The number of rotatable bonds is 4. The van der Waals surface area contributed by atoms with Crippen molar-refractivity contribution in [3.05, 3.63) is 34.9 Å². The topological polar surface area (TPSA) is 66.9 Å². The number of fused-ring (bicyclic) bond motifs is 4. The summed E-state index contributed by atoms with van der Waals surface area (Å²) in [5.74, 6) is -0.141. The van der Waals surface area contributed by atoms with Crippen molar-refractivity contribution in [3.63, 3.8) is 0 Å². The van der Waals surface area contributed by atoms with E-state index in [1.54, 1.807) is 6.07 Å². The van der Waals surface area contributed by atoms with Crippen LogP contribution in [0.25, 0.3) is 0 Å². The Balaban J connectivity index is 1.40. The third kappa shape index (κ3) is 3.08. The fraction of sp³-hybridized carbons (Fsp3) is 0.609. The highest BCUT2D eigenvalue weighted by Gasteiger charge is 2.49. The van der Waals surface area contributed by atoms with E-state index in [4.69, 9.17) is 4.84 Å². The number of imide groups is 1. The van der Waals surface area contributed by atoms with Crippen LogP contribution in [0.15, 0.2) is 18.2 Å². The van der Waals surface area contributed by atoms with Crippen LogP contribution in [0.4, 0.5) is 0 Å². The number of carbonyl (C=O) groups is 3. The Kier molecular flexibility index (Phi) is 4.32. The molecule has 6 nitrogen and oxygen atoms in total. The molecule has 0 N–H and O–H groups in total. The lowest BCUT2D eigenvalue weighted by molar-refractivity contribution is -0.172. The Bertz CT molecular complexity index is 877. The summed E-state index contributed by atoms with van der Waals surface area (Å²) < 4.78 is 0. The Morgan fingerprint density at radius 3 is 2.62 bits per heavy atom. The quantitative estimate of drug-likeness (QED) is 0.732. The first-order valence-electron chi connectivity index (χ1n) is 10.8. The third-order valence-corrected chi connectivity index (χ3v) is 7.73.